The van der Waals surface area contributed by atoms with Gasteiger partial charge in [-0.1, -0.05) is 5.16 Å². The second-order valence-corrected chi connectivity index (χ2v) is 7.90. The quantitative estimate of drug-likeness (QED) is 0.544. The molecule has 1 aliphatic rings. The second-order valence-electron chi connectivity index (χ2n) is 7.90. The molecule has 0 N–H and O–H groups in total. The molecule has 166 valence electrons. The van der Waals surface area contributed by atoms with Crippen molar-refractivity contribution in [2.75, 3.05) is 19.7 Å². The van der Waals surface area contributed by atoms with Crippen LogP contribution in [0.2, 0.25) is 0 Å². The zero-order chi connectivity index (χ0) is 22.6. The highest BCUT2D eigenvalue weighted by atomic mass is 19.1. The van der Waals surface area contributed by atoms with E-state index in [-0.39, 0.29) is 24.3 Å². The molecule has 1 fully saturated rings. The number of rotatable bonds is 6. The third kappa shape index (κ3) is 4.54. The van der Waals surface area contributed by atoms with Gasteiger partial charge in [-0.05, 0) is 56.2 Å². The average molecular weight is 437 g/mol. The molecule has 1 amide bonds. The van der Waals surface area contributed by atoms with Gasteiger partial charge in [0.15, 0.2) is 0 Å². The third-order valence-corrected chi connectivity index (χ3v) is 5.84. The number of benzene rings is 1. The molecule has 3 aromatic rings. The van der Waals surface area contributed by atoms with Crippen molar-refractivity contribution in [2.45, 2.75) is 26.2 Å². The van der Waals surface area contributed by atoms with E-state index in [9.17, 15) is 14.0 Å². The van der Waals surface area contributed by atoms with Crippen molar-refractivity contribution in [3.05, 3.63) is 72.0 Å². The SMILES string of the molecule is CCOC(=O)C1(Cc2cc(-c3ccc(F)cc3)no2)CCN(C(=O)c2cccnc2)CC1. The summed E-state index contributed by atoms with van der Waals surface area (Å²) in [5.74, 6) is -0.183. The zero-order valence-corrected chi connectivity index (χ0v) is 17.8. The lowest BCUT2D eigenvalue weighted by molar-refractivity contribution is -0.158. The second kappa shape index (κ2) is 9.30. The lowest BCUT2D eigenvalue weighted by Gasteiger charge is -2.39. The van der Waals surface area contributed by atoms with Gasteiger partial charge in [-0.25, -0.2) is 4.39 Å². The van der Waals surface area contributed by atoms with Crippen molar-refractivity contribution in [1.29, 1.82) is 0 Å². The van der Waals surface area contributed by atoms with Crippen LogP contribution in [0.1, 0.15) is 35.9 Å². The molecule has 0 bridgehead atoms. The van der Waals surface area contributed by atoms with Crippen molar-refractivity contribution >= 4 is 11.9 Å². The van der Waals surface area contributed by atoms with Crippen molar-refractivity contribution < 1.29 is 23.2 Å². The van der Waals surface area contributed by atoms with Gasteiger partial charge in [0, 0.05) is 43.5 Å². The number of amides is 1. The molecule has 1 aliphatic heterocycles. The lowest BCUT2D eigenvalue weighted by Crippen LogP contribution is -2.48. The van der Waals surface area contributed by atoms with Crippen molar-refractivity contribution in [2.24, 2.45) is 5.41 Å². The molecule has 0 aliphatic carbocycles. The number of esters is 1. The van der Waals surface area contributed by atoms with Gasteiger partial charge in [-0.15, -0.1) is 0 Å². The summed E-state index contributed by atoms with van der Waals surface area (Å²) in [5, 5.41) is 4.08. The van der Waals surface area contributed by atoms with E-state index >= 15 is 0 Å². The number of hydrogen-bond donors (Lipinski definition) is 0. The Labute approximate surface area is 185 Å². The van der Waals surface area contributed by atoms with Gasteiger partial charge in [-0.2, -0.15) is 0 Å². The molecule has 3 heterocycles. The van der Waals surface area contributed by atoms with Gasteiger partial charge >= 0.3 is 5.97 Å². The van der Waals surface area contributed by atoms with Crippen LogP contribution in [0.15, 0.2) is 59.4 Å². The van der Waals surface area contributed by atoms with Crippen molar-refractivity contribution in [1.82, 2.24) is 15.0 Å². The Morgan fingerprint density at radius 2 is 1.94 bits per heavy atom. The minimum atomic E-state index is -0.804. The number of likely N-dealkylation sites (tertiary alicyclic amines) is 1. The number of aromatic nitrogens is 2. The molecule has 0 atom stereocenters. The Kier molecular flexibility index (Phi) is 6.30. The summed E-state index contributed by atoms with van der Waals surface area (Å²) >= 11 is 0. The van der Waals surface area contributed by atoms with Gasteiger partial charge in [0.2, 0.25) is 0 Å². The monoisotopic (exact) mass is 437 g/mol. The largest absolute Gasteiger partial charge is 0.466 e. The highest BCUT2D eigenvalue weighted by molar-refractivity contribution is 5.94. The molecule has 0 spiro atoms. The summed E-state index contributed by atoms with van der Waals surface area (Å²) in [7, 11) is 0. The summed E-state index contributed by atoms with van der Waals surface area (Å²) < 4.78 is 24.1. The van der Waals surface area contributed by atoms with Gasteiger partial charge in [0.1, 0.15) is 17.3 Å². The summed E-state index contributed by atoms with van der Waals surface area (Å²) in [6.07, 6.45) is 4.38. The first-order valence-electron chi connectivity index (χ1n) is 10.6. The van der Waals surface area contributed by atoms with Crippen LogP contribution in [0.3, 0.4) is 0 Å². The van der Waals surface area contributed by atoms with Crippen LogP contribution in [0.4, 0.5) is 4.39 Å². The fraction of sp³-hybridized carbons (Fsp3) is 0.333. The highest BCUT2D eigenvalue weighted by Crippen LogP contribution is 2.38. The molecule has 4 rings (SSSR count). The fourth-order valence-electron chi connectivity index (χ4n) is 4.03. The van der Waals surface area contributed by atoms with Crippen LogP contribution in [-0.2, 0) is 16.0 Å². The van der Waals surface area contributed by atoms with Gasteiger partial charge in [-0.3, -0.25) is 14.6 Å². The van der Waals surface area contributed by atoms with Crippen molar-refractivity contribution in [3.8, 4) is 11.3 Å². The van der Waals surface area contributed by atoms with E-state index in [0.717, 1.165) is 5.56 Å². The number of hydrogen-bond acceptors (Lipinski definition) is 6. The number of ether oxygens (including phenoxy) is 1. The van der Waals surface area contributed by atoms with E-state index < -0.39 is 5.41 Å². The molecular weight excluding hydrogens is 413 g/mol. The van der Waals surface area contributed by atoms with Gasteiger partial charge in [0.25, 0.3) is 5.91 Å². The van der Waals surface area contributed by atoms with Crippen LogP contribution in [0.5, 0.6) is 0 Å². The van der Waals surface area contributed by atoms with Gasteiger partial charge in [0.05, 0.1) is 17.6 Å². The molecule has 32 heavy (non-hydrogen) atoms. The predicted octanol–water partition coefficient (Wildman–Crippen LogP) is 3.90. The van der Waals surface area contributed by atoms with E-state index in [1.807, 2.05) is 0 Å². The topological polar surface area (TPSA) is 85.5 Å². The summed E-state index contributed by atoms with van der Waals surface area (Å²) in [5.41, 5.74) is 1.02. The number of nitrogens with zero attached hydrogens (tertiary/aromatic N) is 3. The molecule has 1 saturated heterocycles. The van der Waals surface area contributed by atoms with E-state index in [1.54, 1.807) is 54.5 Å². The minimum absolute atomic E-state index is 0.103. The molecule has 0 saturated carbocycles. The van der Waals surface area contributed by atoms with E-state index in [4.69, 9.17) is 9.26 Å². The summed E-state index contributed by atoms with van der Waals surface area (Å²) in [6, 6.07) is 11.2. The Morgan fingerprint density at radius 1 is 1.19 bits per heavy atom. The fourth-order valence-corrected chi connectivity index (χ4v) is 4.03. The summed E-state index contributed by atoms with van der Waals surface area (Å²) in [4.78, 5) is 31.5. The normalized spacial score (nSPS) is 15.4. The zero-order valence-electron chi connectivity index (χ0n) is 17.8. The number of pyridine rings is 1. The Balaban J connectivity index is 1.50. The molecule has 2 aromatic heterocycles. The average Bonchev–Trinajstić information content (AvgIpc) is 3.28. The van der Waals surface area contributed by atoms with E-state index in [1.165, 1.54) is 12.1 Å². The van der Waals surface area contributed by atoms with Crippen LogP contribution in [0.25, 0.3) is 11.3 Å². The number of carbonyl (C=O) groups excluding carboxylic acids is 2. The molecule has 7 nitrogen and oxygen atoms in total. The smallest absolute Gasteiger partial charge is 0.312 e. The molecular formula is C24H24FN3O4. The first-order chi connectivity index (χ1) is 15.5. The first-order valence-corrected chi connectivity index (χ1v) is 10.6. The molecule has 1 aromatic carbocycles. The first kappa shape index (κ1) is 21.7. The number of carbonyl (C=O) groups is 2. The van der Waals surface area contributed by atoms with E-state index in [2.05, 4.69) is 10.1 Å². The maximum atomic E-state index is 13.2. The van der Waals surface area contributed by atoms with Crippen molar-refractivity contribution in [3.63, 3.8) is 0 Å². The third-order valence-electron chi connectivity index (χ3n) is 5.84. The Hall–Kier alpha value is -3.55. The highest BCUT2D eigenvalue weighted by Gasteiger charge is 2.44. The maximum Gasteiger partial charge on any atom is 0.312 e. The molecule has 0 unspecified atom stereocenters. The van der Waals surface area contributed by atoms with Crippen LogP contribution in [-0.4, -0.2) is 46.6 Å². The Morgan fingerprint density at radius 3 is 2.59 bits per heavy atom. The van der Waals surface area contributed by atoms with E-state index in [0.29, 0.717) is 49.4 Å². The summed E-state index contributed by atoms with van der Waals surface area (Å²) in [6.45, 7) is 2.89. The Bertz CT molecular complexity index is 1070. The lowest BCUT2D eigenvalue weighted by atomic mass is 9.74. The number of halogens is 1. The minimum Gasteiger partial charge on any atom is -0.466 e. The predicted molar refractivity (Wildman–Crippen MR) is 114 cm³/mol. The molecule has 8 heteroatoms. The number of piperidine rings is 1. The maximum absolute atomic E-state index is 13.2. The van der Waals surface area contributed by atoms with Crippen LogP contribution >= 0.6 is 0 Å². The van der Waals surface area contributed by atoms with Gasteiger partial charge < -0.3 is 14.2 Å². The molecule has 0 radical (unpaired) electrons. The van der Waals surface area contributed by atoms with Crippen LogP contribution < -0.4 is 0 Å². The standard InChI is InChI=1S/C24H24FN3O4/c1-2-31-23(30)24(9-12-28(13-10-24)22(29)18-4-3-11-26-16-18)15-20-14-21(27-32-20)17-5-7-19(25)8-6-17/h3-8,11,14,16H,2,9-10,12-13,15H2,1H3. The van der Waals surface area contributed by atoms with Crippen LogP contribution in [0, 0.1) is 11.2 Å².